The lowest BCUT2D eigenvalue weighted by atomic mass is 10.2. The Morgan fingerprint density at radius 3 is 2.48 bits per heavy atom. The van der Waals surface area contributed by atoms with Crippen molar-refractivity contribution in [2.24, 2.45) is 0 Å². The van der Waals surface area contributed by atoms with Crippen molar-refractivity contribution < 1.29 is 17.6 Å². The maximum atomic E-state index is 13.7. The summed E-state index contributed by atoms with van der Waals surface area (Å²) in [5, 5.41) is 3.48. The summed E-state index contributed by atoms with van der Waals surface area (Å²) in [6.07, 6.45) is 1.05. The van der Waals surface area contributed by atoms with Gasteiger partial charge in [-0.2, -0.15) is 16.1 Å². The largest absolute Gasteiger partial charge is 0.354 e. The third-order valence-corrected chi connectivity index (χ3v) is 6.87. The second-order valence-electron chi connectivity index (χ2n) is 6.23. The van der Waals surface area contributed by atoms with Gasteiger partial charge in [-0.25, -0.2) is 12.8 Å². The van der Waals surface area contributed by atoms with Crippen molar-refractivity contribution in [2.75, 3.05) is 25.1 Å². The zero-order valence-corrected chi connectivity index (χ0v) is 18.8. The zero-order chi connectivity index (χ0) is 21.4. The van der Waals surface area contributed by atoms with Crippen LogP contribution in [0, 0.1) is 5.82 Å². The molecule has 1 amide bonds. The Morgan fingerprint density at radius 2 is 1.83 bits per heavy atom. The summed E-state index contributed by atoms with van der Waals surface area (Å²) in [6.45, 7) is 0.0135. The molecule has 158 valence electrons. The highest BCUT2D eigenvalue weighted by Gasteiger charge is 2.21. The van der Waals surface area contributed by atoms with Gasteiger partial charge in [0.15, 0.2) is 0 Å². The lowest BCUT2D eigenvalue weighted by Crippen LogP contribution is -2.40. The van der Waals surface area contributed by atoms with Gasteiger partial charge in [-0.05, 0) is 23.8 Å². The minimum Gasteiger partial charge on any atom is -0.354 e. The van der Waals surface area contributed by atoms with E-state index < -0.39 is 15.9 Å². The van der Waals surface area contributed by atoms with Crippen LogP contribution in [0.1, 0.15) is 11.1 Å². The normalized spacial score (nSPS) is 11.6. The molecule has 2 aromatic rings. The van der Waals surface area contributed by atoms with Crippen molar-refractivity contribution in [1.82, 2.24) is 9.62 Å². The summed E-state index contributed by atoms with van der Waals surface area (Å²) < 4.78 is 38.8. The van der Waals surface area contributed by atoms with Gasteiger partial charge >= 0.3 is 0 Å². The summed E-state index contributed by atoms with van der Waals surface area (Å²) in [5.41, 5.74) is 1.04. The Balaban J connectivity index is 1.82. The third kappa shape index (κ3) is 7.79. The number of carbonyl (C=O) groups is 1. The number of nitrogens with zero attached hydrogens (tertiary/aromatic N) is 1. The number of benzene rings is 2. The van der Waals surface area contributed by atoms with Crippen LogP contribution < -0.4 is 5.32 Å². The van der Waals surface area contributed by atoms with Gasteiger partial charge in [0.25, 0.3) is 0 Å². The van der Waals surface area contributed by atoms with Crippen LogP contribution in [0.5, 0.6) is 0 Å². The average molecular weight is 479 g/mol. The predicted molar refractivity (Wildman–Crippen MR) is 117 cm³/mol. The minimum absolute atomic E-state index is 0.00641. The van der Waals surface area contributed by atoms with Crippen molar-refractivity contribution in [1.29, 1.82) is 0 Å². The van der Waals surface area contributed by atoms with Crippen LogP contribution in [0.2, 0.25) is 10.0 Å². The number of rotatable bonds is 10. The fourth-order valence-corrected chi connectivity index (χ4v) is 4.55. The molecule has 2 aromatic carbocycles. The molecule has 1 N–H and O–H groups in total. The molecule has 0 saturated carbocycles. The molecule has 0 heterocycles. The minimum atomic E-state index is -3.60. The SMILES string of the molecule is CS(=O)(=O)N(CC(=O)NCCSCc1c(F)cccc1Cl)Cc1ccccc1Cl. The topological polar surface area (TPSA) is 66.5 Å². The van der Waals surface area contributed by atoms with E-state index in [1.807, 2.05) is 0 Å². The van der Waals surface area contributed by atoms with Crippen molar-refractivity contribution in [2.45, 2.75) is 12.3 Å². The molecule has 2 rings (SSSR count). The molecule has 0 spiro atoms. The molecule has 0 bridgehead atoms. The molecule has 10 heteroatoms. The molecule has 0 saturated heterocycles. The number of carbonyl (C=O) groups excluding carboxylic acids is 1. The summed E-state index contributed by atoms with van der Waals surface area (Å²) in [7, 11) is -3.60. The number of nitrogens with one attached hydrogen (secondary N) is 1. The third-order valence-electron chi connectivity index (χ3n) is 3.97. The molecule has 0 fully saturated rings. The maximum absolute atomic E-state index is 13.7. The Bertz CT molecular complexity index is 938. The van der Waals surface area contributed by atoms with Gasteiger partial charge in [-0.3, -0.25) is 4.79 Å². The van der Waals surface area contributed by atoms with E-state index in [-0.39, 0.29) is 18.9 Å². The predicted octanol–water partition coefficient (Wildman–Crippen LogP) is 3.94. The molecule has 5 nitrogen and oxygen atoms in total. The first kappa shape index (κ1) is 24.0. The van der Waals surface area contributed by atoms with Crippen LogP contribution in [0.25, 0.3) is 0 Å². The molecule has 0 aromatic heterocycles. The van der Waals surface area contributed by atoms with Crippen LogP contribution in [0.4, 0.5) is 4.39 Å². The highest BCUT2D eigenvalue weighted by molar-refractivity contribution is 7.98. The highest BCUT2D eigenvalue weighted by atomic mass is 35.5. The van der Waals surface area contributed by atoms with E-state index in [9.17, 15) is 17.6 Å². The van der Waals surface area contributed by atoms with Gasteiger partial charge in [0, 0.05) is 40.2 Å². The van der Waals surface area contributed by atoms with Crippen LogP contribution in [-0.2, 0) is 27.1 Å². The van der Waals surface area contributed by atoms with Crippen molar-refractivity contribution in [3.8, 4) is 0 Å². The Hall–Kier alpha value is -1.32. The van der Waals surface area contributed by atoms with E-state index >= 15 is 0 Å². The maximum Gasteiger partial charge on any atom is 0.235 e. The van der Waals surface area contributed by atoms with E-state index in [0.29, 0.717) is 39.2 Å². The van der Waals surface area contributed by atoms with E-state index in [0.717, 1.165) is 10.6 Å². The van der Waals surface area contributed by atoms with Crippen LogP contribution >= 0.6 is 35.0 Å². The first-order valence-corrected chi connectivity index (χ1v) is 12.4. The summed E-state index contributed by atoms with van der Waals surface area (Å²) in [4.78, 5) is 12.2. The fraction of sp³-hybridized carbons (Fsp3) is 0.316. The molecule has 0 aliphatic carbocycles. The van der Waals surface area contributed by atoms with E-state index in [2.05, 4.69) is 5.32 Å². The van der Waals surface area contributed by atoms with Crippen LogP contribution in [0.15, 0.2) is 42.5 Å². The van der Waals surface area contributed by atoms with Crippen LogP contribution in [-0.4, -0.2) is 43.7 Å². The molecular formula is C19H21Cl2FN2O3S2. The van der Waals surface area contributed by atoms with Crippen molar-refractivity contribution in [3.05, 3.63) is 69.5 Å². The van der Waals surface area contributed by atoms with E-state index in [1.165, 1.54) is 17.8 Å². The lowest BCUT2D eigenvalue weighted by molar-refractivity contribution is -0.121. The lowest BCUT2D eigenvalue weighted by Gasteiger charge is -2.20. The monoisotopic (exact) mass is 478 g/mol. The Labute approximate surface area is 184 Å². The first-order valence-electron chi connectivity index (χ1n) is 8.64. The van der Waals surface area contributed by atoms with Gasteiger partial charge in [0.05, 0.1) is 12.8 Å². The fourth-order valence-electron chi connectivity index (χ4n) is 2.43. The van der Waals surface area contributed by atoms with E-state index in [1.54, 1.807) is 36.4 Å². The molecule has 0 radical (unpaired) electrons. The molecule has 0 unspecified atom stereocenters. The molecule has 0 aliphatic heterocycles. The smallest absolute Gasteiger partial charge is 0.235 e. The number of sulfonamides is 1. The van der Waals surface area contributed by atoms with Gasteiger partial charge in [-0.15, -0.1) is 0 Å². The van der Waals surface area contributed by atoms with Crippen molar-refractivity contribution >= 4 is 50.9 Å². The quantitative estimate of drug-likeness (QED) is 0.525. The second kappa shape index (κ2) is 11.2. The summed E-state index contributed by atoms with van der Waals surface area (Å²) >= 11 is 13.5. The average Bonchev–Trinajstić information content (AvgIpc) is 2.64. The van der Waals surface area contributed by atoms with Gasteiger partial charge in [0.2, 0.25) is 15.9 Å². The number of amides is 1. The van der Waals surface area contributed by atoms with E-state index in [4.69, 9.17) is 23.2 Å². The van der Waals surface area contributed by atoms with Crippen LogP contribution in [0.3, 0.4) is 0 Å². The summed E-state index contributed by atoms with van der Waals surface area (Å²) in [5.74, 6) is 0.118. The Kier molecular flexibility index (Phi) is 9.23. The number of hydrogen-bond acceptors (Lipinski definition) is 4. The first-order chi connectivity index (χ1) is 13.7. The van der Waals surface area contributed by atoms with Crippen molar-refractivity contribution in [3.63, 3.8) is 0 Å². The second-order valence-corrected chi connectivity index (χ2v) is 10.1. The zero-order valence-electron chi connectivity index (χ0n) is 15.7. The molecule has 0 aliphatic rings. The standard InChI is InChI=1S/C19H21Cl2FN2O3S2/c1-29(26,27)24(11-14-5-2-3-6-16(14)20)12-19(25)23-9-10-28-13-15-17(21)7-4-8-18(15)22/h2-8H,9-13H2,1H3,(H,23,25). The molecule has 29 heavy (non-hydrogen) atoms. The van der Waals surface area contributed by atoms with Gasteiger partial charge in [-0.1, -0.05) is 47.5 Å². The Morgan fingerprint density at radius 1 is 1.14 bits per heavy atom. The highest BCUT2D eigenvalue weighted by Crippen LogP contribution is 2.23. The number of hydrogen-bond donors (Lipinski definition) is 1. The number of halogens is 3. The molecular weight excluding hydrogens is 458 g/mol. The van der Waals surface area contributed by atoms with Gasteiger partial charge in [0.1, 0.15) is 5.82 Å². The van der Waals surface area contributed by atoms with Gasteiger partial charge < -0.3 is 5.32 Å². The number of thioether (sulfide) groups is 1. The summed E-state index contributed by atoms with van der Waals surface area (Å²) in [6, 6.07) is 11.4. The molecule has 0 atom stereocenters.